The van der Waals surface area contributed by atoms with E-state index in [1.165, 1.54) is 0 Å². The molecule has 0 aromatic carbocycles. The van der Waals surface area contributed by atoms with Crippen LogP contribution in [0, 0.1) is 0 Å². The van der Waals surface area contributed by atoms with Crippen molar-refractivity contribution in [2.75, 3.05) is 13.1 Å². The van der Waals surface area contributed by atoms with Crippen molar-refractivity contribution in [1.29, 1.82) is 0 Å². The van der Waals surface area contributed by atoms with Crippen molar-refractivity contribution < 1.29 is 5.11 Å². The minimum absolute atomic E-state index is 0.0486. The summed E-state index contributed by atoms with van der Waals surface area (Å²) in [5.74, 6) is 0. The van der Waals surface area contributed by atoms with E-state index in [0.717, 1.165) is 6.54 Å². The summed E-state index contributed by atoms with van der Waals surface area (Å²) in [6.07, 6.45) is -0.326. The van der Waals surface area contributed by atoms with Crippen LogP contribution in [0.4, 0.5) is 0 Å². The van der Waals surface area contributed by atoms with E-state index in [-0.39, 0.29) is 12.1 Å². The van der Waals surface area contributed by atoms with Gasteiger partial charge in [0.25, 0.3) is 0 Å². The van der Waals surface area contributed by atoms with Crippen molar-refractivity contribution in [2.45, 2.75) is 12.1 Å². The topological polar surface area (TPSA) is 49.5 Å². The average Bonchev–Trinajstić information content (AvgIpc) is 1.85. The van der Waals surface area contributed by atoms with Crippen LogP contribution in [0.15, 0.2) is 0 Å². The van der Waals surface area contributed by atoms with Gasteiger partial charge in [0.15, 0.2) is 0 Å². The Bertz CT molecular complexity index is 80.1. The number of nitrogens with two attached hydrogens (primary N) is 1. The fraction of sp³-hybridized carbons (Fsp3) is 1.00. The van der Waals surface area contributed by atoms with Crippen molar-refractivity contribution in [3.8, 4) is 0 Å². The van der Waals surface area contributed by atoms with E-state index in [4.69, 9.17) is 10.8 Å². The minimum Gasteiger partial charge on any atom is -0.390 e. The Labute approximate surface area is 51.1 Å². The van der Waals surface area contributed by atoms with Gasteiger partial charge in [-0.2, -0.15) is 0 Å². The maximum absolute atomic E-state index is 8.99. The fourth-order valence-electron chi connectivity index (χ4n) is 0.843. The first-order chi connectivity index (χ1) is 3.70. The number of aliphatic hydroxyl groups excluding tert-OH is 1. The average molecular weight is 134 g/mol. The summed E-state index contributed by atoms with van der Waals surface area (Å²) >= 11 is 0. The molecule has 0 saturated carbocycles. The summed E-state index contributed by atoms with van der Waals surface area (Å²) in [6, 6.07) is -0.0486. The Hall–Kier alpha value is 0.310. The SMILES string of the molecule is NC1CN(P)CC1O. The summed E-state index contributed by atoms with van der Waals surface area (Å²) in [5, 5.41) is 8.99. The highest BCUT2D eigenvalue weighted by atomic mass is 31.0. The summed E-state index contributed by atoms with van der Waals surface area (Å²) in [4.78, 5) is 0. The van der Waals surface area contributed by atoms with Gasteiger partial charge in [-0.05, 0) is 0 Å². The number of rotatable bonds is 0. The zero-order valence-electron chi connectivity index (χ0n) is 4.62. The maximum Gasteiger partial charge on any atom is 0.0833 e. The van der Waals surface area contributed by atoms with Gasteiger partial charge >= 0.3 is 0 Å². The van der Waals surface area contributed by atoms with Crippen LogP contribution in [0.5, 0.6) is 0 Å². The molecule has 1 heterocycles. The van der Waals surface area contributed by atoms with Crippen LogP contribution < -0.4 is 5.73 Å². The van der Waals surface area contributed by atoms with Crippen LogP contribution in [0.2, 0.25) is 0 Å². The highest BCUT2D eigenvalue weighted by Gasteiger charge is 2.25. The monoisotopic (exact) mass is 134 g/mol. The van der Waals surface area contributed by atoms with E-state index in [9.17, 15) is 0 Å². The van der Waals surface area contributed by atoms with E-state index in [2.05, 4.69) is 9.39 Å². The number of hydrogen-bond donors (Lipinski definition) is 2. The fourth-order valence-corrected chi connectivity index (χ4v) is 1.30. The van der Waals surface area contributed by atoms with Crippen molar-refractivity contribution >= 4 is 9.39 Å². The first kappa shape index (κ1) is 6.43. The molecule has 8 heavy (non-hydrogen) atoms. The molecule has 1 aliphatic heterocycles. The predicted molar refractivity (Wildman–Crippen MR) is 35.3 cm³/mol. The predicted octanol–water partition coefficient (Wildman–Crippen LogP) is -1.22. The zero-order chi connectivity index (χ0) is 6.15. The molecular formula is C4H11N2OP. The van der Waals surface area contributed by atoms with Gasteiger partial charge in [-0.1, -0.05) is 9.39 Å². The molecule has 3 N–H and O–H groups in total. The molecule has 1 saturated heterocycles. The van der Waals surface area contributed by atoms with Gasteiger partial charge in [-0.25, -0.2) is 0 Å². The van der Waals surface area contributed by atoms with Crippen LogP contribution in [0.1, 0.15) is 0 Å². The molecule has 3 atom stereocenters. The molecule has 0 aromatic rings. The summed E-state index contributed by atoms with van der Waals surface area (Å²) in [7, 11) is 2.51. The molecule has 4 heteroatoms. The van der Waals surface area contributed by atoms with E-state index in [1.54, 1.807) is 0 Å². The first-order valence-corrected chi connectivity index (χ1v) is 3.15. The van der Waals surface area contributed by atoms with Crippen LogP contribution in [-0.4, -0.2) is 35.0 Å². The highest BCUT2D eigenvalue weighted by Crippen LogP contribution is 2.11. The molecular weight excluding hydrogens is 123 g/mol. The van der Waals surface area contributed by atoms with Crippen molar-refractivity contribution in [1.82, 2.24) is 4.67 Å². The summed E-state index contributed by atoms with van der Waals surface area (Å²) < 4.78 is 1.94. The molecule has 3 unspecified atom stereocenters. The van der Waals surface area contributed by atoms with Gasteiger partial charge < -0.3 is 10.8 Å². The van der Waals surface area contributed by atoms with Crippen LogP contribution in [0.3, 0.4) is 0 Å². The zero-order valence-corrected chi connectivity index (χ0v) is 5.77. The minimum atomic E-state index is -0.326. The number of hydrogen-bond acceptors (Lipinski definition) is 3. The van der Waals surface area contributed by atoms with Gasteiger partial charge in [-0.15, -0.1) is 0 Å². The molecule has 0 aliphatic carbocycles. The molecule has 0 radical (unpaired) electrons. The maximum atomic E-state index is 8.99. The second kappa shape index (κ2) is 2.28. The lowest BCUT2D eigenvalue weighted by molar-refractivity contribution is 0.175. The quantitative estimate of drug-likeness (QED) is 0.408. The standard InChI is InChI=1S/C4H11N2OP/c5-3-1-6(8)2-4(3)7/h3-4,7H,1-2,5,8H2. The van der Waals surface area contributed by atoms with Crippen LogP contribution in [-0.2, 0) is 0 Å². The Morgan fingerprint density at radius 2 is 2.25 bits per heavy atom. The highest BCUT2D eigenvalue weighted by molar-refractivity contribution is 7.13. The van der Waals surface area contributed by atoms with E-state index in [1.807, 2.05) is 4.67 Å². The third-order valence-corrected chi connectivity index (χ3v) is 1.78. The Kier molecular flexibility index (Phi) is 1.83. The normalized spacial score (nSPS) is 40.9. The molecule has 1 rings (SSSR count). The third kappa shape index (κ3) is 1.17. The van der Waals surface area contributed by atoms with Crippen LogP contribution in [0.25, 0.3) is 0 Å². The van der Waals surface area contributed by atoms with Gasteiger partial charge in [0.2, 0.25) is 0 Å². The lowest BCUT2D eigenvalue weighted by Crippen LogP contribution is -2.32. The van der Waals surface area contributed by atoms with Gasteiger partial charge in [0.05, 0.1) is 6.10 Å². The van der Waals surface area contributed by atoms with E-state index < -0.39 is 0 Å². The third-order valence-electron chi connectivity index (χ3n) is 1.36. The van der Waals surface area contributed by atoms with Crippen molar-refractivity contribution in [2.24, 2.45) is 5.73 Å². The molecule has 0 aromatic heterocycles. The lowest BCUT2D eigenvalue weighted by atomic mass is 10.2. The first-order valence-electron chi connectivity index (χ1n) is 2.63. The molecule has 1 fully saturated rings. The number of nitrogens with zero attached hydrogens (tertiary/aromatic N) is 1. The molecule has 3 nitrogen and oxygen atoms in total. The Morgan fingerprint density at radius 3 is 2.38 bits per heavy atom. The van der Waals surface area contributed by atoms with E-state index >= 15 is 0 Å². The van der Waals surface area contributed by atoms with Gasteiger partial charge in [0, 0.05) is 19.1 Å². The molecule has 0 bridgehead atoms. The Morgan fingerprint density at radius 1 is 1.62 bits per heavy atom. The van der Waals surface area contributed by atoms with Gasteiger partial charge in [0.1, 0.15) is 0 Å². The lowest BCUT2D eigenvalue weighted by Gasteiger charge is -2.02. The largest absolute Gasteiger partial charge is 0.390 e. The molecule has 0 amide bonds. The number of β-amino-alcohol motifs (C(OH)–C–C–N with tert-alkyl or cyclic N) is 1. The molecule has 1 aliphatic rings. The van der Waals surface area contributed by atoms with Gasteiger partial charge in [-0.3, -0.25) is 4.67 Å². The van der Waals surface area contributed by atoms with Crippen molar-refractivity contribution in [3.63, 3.8) is 0 Å². The summed E-state index contributed by atoms with van der Waals surface area (Å²) in [6.45, 7) is 1.47. The number of aliphatic hydroxyl groups is 1. The van der Waals surface area contributed by atoms with Crippen LogP contribution >= 0.6 is 9.39 Å². The second-order valence-electron chi connectivity index (χ2n) is 2.19. The molecule has 0 spiro atoms. The Balaban J connectivity index is 2.39. The molecule has 48 valence electrons. The van der Waals surface area contributed by atoms with E-state index in [0.29, 0.717) is 6.54 Å². The summed E-state index contributed by atoms with van der Waals surface area (Å²) in [5.41, 5.74) is 5.46. The smallest absolute Gasteiger partial charge is 0.0833 e. The second-order valence-corrected chi connectivity index (χ2v) is 2.92. The van der Waals surface area contributed by atoms with Crippen molar-refractivity contribution in [3.05, 3.63) is 0 Å².